The van der Waals surface area contributed by atoms with Crippen molar-refractivity contribution in [2.24, 2.45) is 5.92 Å². The summed E-state index contributed by atoms with van der Waals surface area (Å²) in [5.74, 6) is 1.72. The highest BCUT2D eigenvalue weighted by molar-refractivity contribution is 5.87. The van der Waals surface area contributed by atoms with E-state index in [0.29, 0.717) is 35.9 Å². The lowest BCUT2D eigenvalue weighted by molar-refractivity contribution is -0.117. The van der Waals surface area contributed by atoms with Gasteiger partial charge in [0.1, 0.15) is 5.69 Å². The quantitative estimate of drug-likeness (QED) is 0.451. The number of imidazole rings is 1. The Balaban J connectivity index is 1.48. The number of methoxy groups -OCH3 is 1. The average Bonchev–Trinajstić information content (AvgIpc) is 3.65. The van der Waals surface area contributed by atoms with Crippen molar-refractivity contribution in [3.63, 3.8) is 0 Å². The Labute approximate surface area is 210 Å². The van der Waals surface area contributed by atoms with Crippen LogP contribution in [0.2, 0.25) is 0 Å². The van der Waals surface area contributed by atoms with Crippen molar-refractivity contribution in [2.45, 2.75) is 38.8 Å². The highest BCUT2D eigenvalue weighted by Crippen LogP contribution is 2.32. The Morgan fingerprint density at radius 2 is 2.14 bits per heavy atom. The fraction of sp³-hybridized carbons (Fsp3) is 0.542. The zero-order valence-corrected chi connectivity index (χ0v) is 21.3. The molecule has 12 heteroatoms. The number of aromatic nitrogens is 6. The van der Waals surface area contributed by atoms with Gasteiger partial charge in [0.15, 0.2) is 11.5 Å². The molecular formula is C24H34N10O2. The van der Waals surface area contributed by atoms with Crippen LogP contribution in [0.1, 0.15) is 32.0 Å². The van der Waals surface area contributed by atoms with Crippen molar-refractivity contribution in [1.29, 1.82) is 0 Å². The highest BCUT2D eigenvalue weighted by atomic mass is 16.5. The summed E-state index contributed by atoms with van der Waals surface area (Å²) in [5, 5.41) is 15.9. The Morgan fingerprint density at radius 3 is 2.83 bits per heavy atom. The molecular weight excluding hydrogens is 460 g/mol. The molecule has 2 saturated heterocycles. The zero-order valence-electron chi connectivity index (χ0n) is 21.3. The maximum absolute atomic E-state index is 11.9. The molecule has 2 aliphatic rings. The van der Waals surface area contributed by atoms with Crippen LogP contribution in [0.15, 0.2) is 25.0 Å². The van der Waals surface area contributed by atoms with Crippen LogP contribution in [-0.4, -0.2) is 86.5 Å². The van der Waals surface area contributed by atoms with Crippen LogP contribution in [0.5, 0.6) is 5.88 Å². The minimum absolute atomic E-state index is 0.0116. The Hall–Kier alpha value is -3.67. The zero-order chi connectivity index (χ0) is 25.4. The summed E-state index contributed by atoms with van der Waals surface area (Å²) >= 11 is 0. The normalized spacial score (nSPS) is 22.3. The third kappa shape index (κ3) is 4.48. The molecule has 3 unspecified atom stereocenters. The number of likely N-dealkylation sites (N-methyl/N-ethyl adjacent to an activating group) is 1. The number of likely N-dealkylation sites (tertiary alicyclic amines) is 1. The number of hydrogen-bond donors (Lipinski definition) is 2. The minimum Gasteiger partial charge on any atom is -0.478 e. The predicted molar refractivity (Wildman–Crippen MR) is 137 cm³/mol. The molecule has 0 aromatic carbocycles. The fourth-order valence-corrected chi connectivity index (χ4v) is 4.99. The van der Waals surface area contributed by atoms with Gasteiger partial charge >= 0.3 is 0 Å². The van der Waals surface area contributed by atoms with Gasteiger partial charge < -0.3 is 25.2 Å². The second-order valence-corrected chi connectivity index (χ2v) is 9.66. The number of ether oxygens (including phenoxy) is 1. The minimum atomic E-state index is -0.173. The number of nitrogens with zero attached hydrogens (tertiary/aromatic N) is 8. The van der Waals surface area contributed by atoms with Crippen LogP contribution in [0.25, 0.3) is 5.65 Å². The maximum Gasteiger partial charge on any atom is 0.256 e. The standard InChI is InChI=1S/C24H34N10O2/c1-6-16-10-25-22-21(27-19-14-33(29-23(19)36-5)17-8-9-31(4)12-17)28-24(30-34(16)22)32-11-15(3)18(13-32)26-20(35)7-2/h7,10,14-15,17-18H,2,6,8-9,11-13H2,1,3-5H3,(H,26,35)(H,27,28,30). The molecule has 0 bridgehead atoms. The molecule has 0 radical (unpaired) electrons. The lowest BCUT2D eigenvalue weighted by Crippen LogP contribution is -2.39. The molecule has 3 aromatic rings. The number of rotatable bonds is 8. The third-order valence-corrected chi connectivity index (χ3v) is 7.08. The van der Waals surface area contributed by atoms with Crippen LogP contribution in [-0.2, 0) is 11.2 Å². The predicted octanol–water partition coefficient (Wildman–Crippen LogP) is 1.64. The van der Waals surface area contributed by atoms with E-state index in [1.54, 1.807) is 7.11 Å². The summed E-state index contributed by atoms with van der Waals surface area (Å²) in [6.07, 6.45) is 6.93. The third-order valence-electron chi connectivity index (χ3n) is 7.08. The van der Waals surface area contributed by atoms with Gasteiger partial charge in [-0.15, -0.1) is 10.2 Å². The summed E-state index contributed by atoms with van der Waals surface area (Å²) < 4.78 is 9.41. The van der Waals surface area contributed by atoms with E-state index < -0.39 is 0 Å². The van der Waals surface area contributed by atoms with Crippen LogP contribution in [0.3, 0.4) is 0 Å². The van der Waals surface area contributed by atoms with Gasteiger partial charge in [0, 0.05) is 19.6 Å². The molecule has 192 valence electrons. The first-order valence-electron chi connectivity index (χ1n) is 12.4. The van der Waals surface area contributed by atoms with Crippen molar-refractivity contribution in [3.05, 3.63) is 30.7 Å². The van der Waals surface area contributed by atoms with E-state index in [9.17, 15) is 4.79 Å². The Bertz CT molecular complexity index is 1270. The molecule has 0 spiro atoms. The first-order chi connectivity index (χ1) is 17.4. The number of carbonyl (C=O) groups excluding carboxylic acids is 1. The molecule has 0 saturated carbocycles. The van der Waals surface area contributed by atoms with Gasteiger partial charge in [0.2, 0.25) is 11.9 Å². The van der Waals surface area contributed by atoms with E-state index in [1.165, 1.54) is 6.08 Å². The number of fused-ring (bicyclic) bond motifs is 1. The monoisotopic (exact) mass is 494 g/mol. The number of hydrogen-bond acceptors (Lipinski definition) is 9. The smallest absolute Gasteiger partial charge is 0.256 e. The van der Waals surface area contributed by atoms with Crippen molar-refractivity contribution in [1.82, 2.24) is 39.6 Å². The molecule has 3 aromatic heterocycles. The number of carbonyl (C=O) groups is 1. The van der Waals surface area contributed by atoms with Crippen molar-refractivity contribution in [2.75, 3.05) is 50.6 Å². The number of aryl methyl sites for hydroxylation is 1. The molecule has 2 fully saturated rings. The summed E-state index contributed by atoms with van der Waals surface area (Å²) in [6.45, 7) is 11.1. The van der Waals surface area contributed by atoms with Crippen molar-refractivity contribution >= 4 is 29.0 Å². The Kier molecular flexibility index (Phi) is 6.52. The summed E-state index contributed by atoms with van der Waals surface area (Å²) in [7, 11) is 3.74. The van der Waals surface area contributed by atoms with Gasteiger partial charge in [0.25, 0.3) is 5.88 Å². The van der Waals surface area contributed by atoms with Crippen LogP contribution in [0, 0.1) is 5.92 Å². The van der Waals surface area contributed by atoms with E-state index in [1.807, 2.05) is 21.6 Å². The topological polar surface area (TPSA) is 118 Å². The molecule has 3 atom stereocenters. The lowest BCUT2D eigenvalue weighted by atomic mass is 10.1. The van der Waals surface area contributed by atoms with E-state index in [4.69, 9.17) is 14.8 Å². The molecule has 2 N–H and O–H groups in total. The van der Waals surface area contributed by atoms with Crippen LogP contribution in [0.4, 0.5) is 17.5 Å². The fourth-order valence-electron chi connectivity index (χ4n) is 4.99. The number of nitrogens with one attached hydrogen (secondary N) is 2. The molecule has 5 rings (SSSR count). The highest BCUT2D eigenvalue weighted by Gasteiger charge is 2.33. The van der Waals surface area contributed by atoms with Crippen LogP contribution >= 0.6 is 0 Å². The summed E-state index contributed by atoms with van der Waals surface area (Å²) in [4.78, 5) is 25.8. The maximum atomic E-state index is 11.9. The first kappa shape index (κ1) is 24.0. The summed E-state index contributed by atoms with van der Waals surface area (Å²) in [5.41, 5.74) is 2.34. The van der Waals surface area contributed by atoms with Gasteiger partial charge in [-0.2, -0.15) is 4.98 Å². The van der Waals surface area contributed by atoms with E-state index in [-0.39, 0.29) is 17.9 Å². The van der Waals surface area contributed by atoms with Crippen molar-refractivity contribution in [3.8, 4) is 5.88 Å². The molecule has 12 nitrogen and oxygen atoms in total. The van der Waals surface area contributed by atoms with Gasteiger partial charge in [-0.05, 0) is 38.4 Å². The molecule has 5 heterocycles. The van der Waals surface area contributed by atoms with Gasteiger partial charge in [-0.3, -0.25) is 9.48 Å². The molecule has 0 aliphatic carbocycles. The molecule has 2 aliphatic heterocycles. The first-order valence-corrected chi connectivity index (χ1v) is 12.4. The molecule has 1 amide bonds. The number of anilines is 3. The van der Waals surface area contributed by atoms with Crippen LogP contribution < -0.4 is 20.3 Å². The van der Waals surface area contributed by atoms with Gasteiger partial charge in [-0.1, -0.05) is 20.4 Å². The van der Waals surface area contributed by atoms with E-state index in [0.717, 1.165) is 43.9 Å². The van der Waals surface area contributed by atoms with Gasteiger partial charge in [-0.25, -0.2) is 9.50 Å². The molecule has 36 heavy (non-hydrogen) atoms. The average molecular weight is 495 g/mol. The lowest BCUT2D eigenvalue weighted by Gasteiger charge is -2.18. The number of amides is 1. The van der Waals surface area contributed by atoms with Gasteiger partial charge in [0.05, 0.1) is 37.3 Å². The SMILES string of the molecule is C=CC(=O)NC1CN(c2nc(Nc3cn(C4CCN(C)C4)nc3OC)c3ncc(CC)n3n2)CC1C. The second-order valence-electron chi connectivity index (χ2n) is 9.66. The van der Waals surface area contributed by atoms with E-state index in [2.05, 4.69) is 58.0 Å². The Morgan fingerprint density at radius 1 is 1.31 bits per heavy atom. The summed E-state index contributed by atoms with van der Waals surface area (Å²) in [6, 6.07) is 0.287. The largest absolute Gasteiger partial charge is 0.478 e. The second kappa shape index (κ2) is 9.76. The van der Waals surface area contributed by atoms with E-state index >= 15 is 0 Å². The van der Waals surface area contributed by atoms with Crippen molar-refractivity contribution < 1.29 is 9.53 Å².